The number of aliphatic hydroxyl groups is 1. The van der Waals surface area contributed by atoms with Crippen molar-refractivity contribution in [2.45, 2.75) is 38.8 Å². The molecule has 1 aromatic rings. The minimum Gasteiger partial charge on any atom is -0.450 e. The number of pyridine rings is 1. The number of piperidine rings is 1. The highest BCUT2D eigenvalue weighted by molar-refractivity contribution is 5.80. The molecule has 26 heavy (non-hydrogen) atoms. The molecule has 0 radical (unpaired) electrons. The quantitative estimate of drug-likeness (QED) is 0.520. The van der Waals surface area contributed by atoms with Crippen molar-refractivity contribution in [3.63, 3.8) is 0 Å². The predicted octanol–water partition coefficient (Wildman–Crippen LogP) is 1.29. The summed E-state index contributed by atoms with van der Waals surface area (Å²) in [6, 6.07) is 3.80. The summed E-state index contributed by atoms with van der Waals surface area (Å²) in [6.07, 6.45) is 4.06. The lowest BCUT2D eigenvalue weighted by Gasteiger charge is -2.32. The van der Waals surface area contributed by atoms with E-state index in [0.717, 1.165) is 24.9 Å². The minimum atomic E-state index is -0.667. The van der Waals surface area contributed by atoms with Gasteiger partial charge in [-0.2, -0.15) is 0 Å². The van der Waals surface area contributed by atoms with Crippen LogP contribution in [0.5, 0.6) is 0 Å². The van der Waals surface area contributed by atoms with Gasteiger partial charge >= 0.3 is 6.09 Å². The number of rotatable bonds is 6. The summed E-state index contributed by atoms with van der Waals surface area (Å²) in [5.41, 5.74) is 0.794. The number of amides is 1. The Kier molecular flexibility index (Phi) is 8.14. The number of hydrogen-bond acceptors (Lipinski definition) is 5. The third-order valence-corrected chi connectivity index (χ3v) is 4.22. The van der Waals surface area contributed by atoms with Crippen LogP contribution < -0.4 is 10.6 Å². The van der Waals surface area contributed by atoms with Gasteiger partial charge in [-0.1, -0.05) is 0 Å². The Bertz CT molecular complexity index is 573. The number of carbonyl (C=O) groups is 1. The molecule has 1 aliphatic rings. The number of aliphatic imine (C=N–C) groups is 1. The molecule has 1 amide bonds. The first kappa shape index (κ1) is 20.0. The monoisotopic (exact) mass is 363 g/mol. The van der Waals surface area contributed by atoms with Crippen molar-refractivity contribution in [2.75, 3.05) is 32.8 Å². The van der Waals surface area contributed by atoms with Gasteiger partial charge in [-0.25, -0.2) is 4.79 Å². The second kappa shape index (κ2) is 10.6. The molecular formula is C18H29N5O3. The molecule has 2 heterocycles. The molecule has 1 fully saturated rings. The molecule has 144 valence electrons. The summed E-state index contributed by atoms with van der Waals surface area (Å²) >= 11 is 0. The van der Waals surface area contributed by atoms with Gasteiger partial charge in [0.1, 0.15) is 0 Å². The maximum absolute atomic E-state index is 11.8. The van der Waals surface area contributed by atoms with Gasteiger partial charge in [-0.15, -0.1) is 0 Å². The van der Waals surface area contributed by atoms with E-state index in [1.54, 1.807) is 29.4 Å². The van der Waals surface area contributed by atoms with E-state index in [1.807, 2.05) is 13.8 Å². The summed E-state index contributed by atoms with van der Waals surface area (Å²) in [5.74, 6) is 0.676. The lowest BCUT2D eigenvalue weighted by atomic mass is 10.1. The number of aromatic nitrogens is 1. The molecule has 0 aromatic carbocycles. The highest BCUT2D eigenvalue weighted by atomic mass is 16.6. The van der Waals surface area contributed by atoms with E-state index < -0.39 is 6.10 Å². The van der Waals surface area contributed by atoms with E-state index in [1.165, 1.54) is 0 Å². The predicted molar refractivity (Wildman–Crippen MR) is 99.9 cm³/mol. The molecule has 1 unspecified atom stereocenters. The SMILES string of the molecule is CCNC(=NCC(O)c1ccncc1)NC1CCN(C(=O)OCC)CC1. The third-order valence-electron chi connectivity index (χ3n) is 4.22. The molecule has 0 spiro atoms. The van der Waals surface area contributed by atoms with Crippen molar-refractivity contribution in [2.24, 2.45) is 4.99 Å². The number of nitrogens with zero attached hydrogens (tertiary/aromatic N) is 3. The van der Waals surface area contributed by atoms with Crippen LogP contribution in [0.4, 0.5) is 4.79 Å². The highest BCUT2D eigenvalue weighted by Crippen LogP contribution is 2.13. The largest absolute Gasteiger partial charge is 0.450 e. The van der Waals surface area contributed by atoms with Crippen LogP contribution >= 0.6 is 0 Å². The number of aliphatic hydroxyl groups excluding tert-OH is 1. The normalized spacial score (nSPS) is 16.9. The van der Waals surface area contributed by atoms with E-state index >= 15 is 0 Å². The molecule has 8 heteroatoms. The third kappa shape index (κ3) is 6.18. The van der Waals surface area contributed by atoms with Crippen LogP contribution in [0, 0.1) is 0 Å². The van der Waals surface area contributed by atoms with Crippen LogP contribution in [0.15, 0.2) is 29.5 Å². The summed E-state index contributed by atoms with van der Waals surface area (Å²) < 4.78 is 5.04. The Morgan fingerprint density at radius 3 is 2.69 bits per heavy atom. The Hall–Kier alpha value is -2.35. The van der Waals surface area contributed by atoms with Crippen LogP contribution in [-0.4, -0.2) is 65.9 Å². The highest BCUT2D eigenvalue weighted by Gasteiger charge is 2.24. The van der Waals surface area contributed by atoms with Crippen molar-refractivity contribution >= 4 is 12.1 Å². The summed E-state index contributed by atoms with van der Waals surface area (Å²) in [6.45, 7) is 6.53. The van der Waals surface area contributed by atoms with Crippen molar-refractivity contribution in [1.29, 1.82) is 0 Å². The van der Waals surface area contributed by atoms with E-state index in [9.17, 15) is 9.90 Å². The fourth-order valence-corrected chi connectivity index (χ4v) is 2.80. The fourth-order valence-electron chi connectivity index (χ4n) is 2.80. The zero-order chi connectivity index (χ0) is 18.8. The van der Waals surface area contributed by atoms with Crippen LogP contribution in [0.1, 0.15) is 38.4 Å². The van der Waals surface area contributed by atoms with Gasteiger partial charge < -0.3 is 25.4 Å². The van der Waals surface area contributed by atoms with Crippen LogP contribution in [0.25, 0.3) is 0 Å². The number of ether oxygens (including phenoxy) is 1. The average molecular weight is 363 g/mol. The molecule has 2 rings (SSSR count). The van der Waals surface area contributed by atoms with Crippen LogP contribution in [0.3, 0.4) is 0 Å². The molecule has 1 aliphatic heterocycles. The first-order valence-electron chi connectivity index (χ1n) is 9.18. The molecule has 8 nitrogen and oxygen atoms in total. The molecule has 3 N–H and O–H groups in total. The molecule has 1 aromatic heterocycles. The van der Waals surface area contributed by atoms with Crippen molar-refractivity contribution in [1.82, 2.24) is 20.5 Å². The van der Waals surface area contributed by atoms with Crippen LogP contribution in [-0.2, 0) is 4.74 Å². The summed E-state index contributed by atoms with van der Waals surface area (Å²) in [5, 5.41) is 16.8. The lowest BCUT2D eigenvalue weighted by molar-refractivity contribution is 0.0963. The smallest absolute Gasteiger partial charge is 0.409 e. The Morgan fingerprint density at radius 1 is 1.38 bits per heavy atom. The molecular weight excluding hydrogens is 334 g/mol. The lowest BCUT2D eigenvalue weighted by Crippen LogP contribution is -2.50. The first-order chi connectivity index (χ1) is 12.6. The van der Waals surface area contributed by atoms with Crippen molar-refractivity contribution < 1.29 is 14.6 Å². The number of guanidine groups is 1. The molecule has 1 saturated heterocycles. The number of hydrogen-bond donors (Lipinski definition) is 3. The summed E-state index contributed by atoms with van der Waals surface area (Å²) in [4.78, 5) is 21.9. The molecule has 0 bridgehead atoms. The second-order valence-electron chi connectivity index (χ2n) is 6.12. The van der Waals surface area contributed by atoms with Gasteiger partial charge in [0.15, 0.2) is 5.96 Å². The molecule has 0 saturated carbocycles. The molecule has 1 atom stereocenters. The van der Waals surface area contributed by atoms with Crippen molar-refractivity contribution in [3.8, 4) is 0 Å². The second-order valence-corrected chi connectivity index (χ2v) is 6.12. The Morgan fingerprint density at radius 2 is 2.08 bits per heavy atom. The number of carbonyl (C=O) groups excluding carboxylic acids is 1. The van der Waals surface area contributed by atoms with Gasteiger partial charge in [-0.05, 0) is 44.4 Å². The average Bonchev–Trinajstić information content (AvgIpc) is 2.67. The van der Waals surface area contributed by atoms with Crippen molar-refractivity contribution in [3.05, 3.63) is 30.1 Å². The number of likely N-dealkylation sites (tertiary alicyclic amines) is 1. The van der Waals surface area contributed by atoms with E-state index in [4.69, 9.17) is 4.74 Å². The van der Waals surface area contributed by atoms with E-state index in [2.05, 4.69) is 20.6 Å². The minimum absolute atomic E-state index is 0.233. The van der Waals surface area contributed by atoms with Gasteiger partial charge in [0.05, 0.1) is 19.3 Å². The Labute approximate surface area is 154 Å². The van der Waals surface area contributed by atoms with E-state index in [0.29, 0.717) is 25.7 Å². The standard InChI is InChI=1S/C18H29N5O3/c1-3-20-17(21-13-16(24)14-5-9-19-10-6-14)22-15-7-11-23(12-8-15)18(25)26-4-2/h5-6,9-10,15-16,24H,3-4,7-8,11-13H2,1-2H3,(H2,20,21,22). The zero-order valence-corrected chi connectivity index (χ0v) is 15.5. The maximum atomic E-state index is 11.8. The maximum Gasteiger partial charge on any atom is 0.409 e. The zero-order valence-electron chi connectivity index (χ0n) is 15.5. The summed E-state index contributed by atoms with van der Waals surface area (Å²) in [7, 11) is 0. The van der Waals surface area contributed by atoms with Gasteiger partial charge in [-0.3, -0.25) is 9.98 Å². The van der Waals surface area contributed by atoms with Crippen LogP contribution in [0.2, 0.25) is 0 Å². The first-order valence-corrected chi connectivity index (χ1v) is 9.18. The number of nitrogens with one attached hydrogen (secondary N) is 2. The van der Waals surface area contributed by atoms with Gasteiger partial charge in [0, 0.05) is 38.1 Å². The van der Waals surface area contributed by atoms with E-state index in [-0.39, 0.29) is 18.7 Å². The molecule has 0 aliphatic carbocycles. The Balaban J connectivity index is 1.85. The topological polar surface area (TPSA) is 99.1 Å². The fraction of sp³-hybridized carbons (Fsp3) is 0.611. The van der Waals surface area contributed by atoms with Gasteiger partial charge in [0.25, 0.3) is 0 Å². The van der Waals surface area contributed by atoms with Gasteiger partial charge in [0.2, 0.25) is 0 Å².